The van der Waals surface area contributed by atoms with E-state index < -0.39 is 9.84 Å². The van der Waals surface area contributed by atoms with E-state index >= 15 is 0 Å². The van der Waals surface area contributed by atoms with Gasteiger partial charge in [0.05, 0.1) is 12.3 Å². The maximum atomic E-state index is 12.2. The Balaban J connectivity index is 2.86. The molecule has 0 aliphatic rings. The molecule has 0 bridgehead atoms. The highest BCUT2D eigenvalue weighted by molar-refractivity contribution is 7.90. The first-order valence-corrected chi connectivity index (χ1v) is 8.53. The molecular weight excluding hydrogens is 288 g/mol. The monoisotopic (exact) mass is 308 g/mol. The van der Waals surface area contributed by atoms with Gasteiger partial charge in [0, 0.05) is 31.0 Å². The normalized spacial score (nSPS) is 10.7. The van der Waals surface area contributed by atoms with Crippen molar-refractivity contribution in [1.29, 1.82) is 0 Å². The number of nitrogens with zero attached hydrogens (tertiary/aromatic N) is 1. The Kier molecular flexibility index (Phi) is 5.94. The lowest BCUT2D eigenvalue weighted by molar-refractivity contribution is 0.0803. The fraction of sp³-hybridized carbons (Fsp3) is 0.400. The van der Waals surface area contributed by atoms with E-state index in [4.69, 9.17) is 5.73 Å². The van der Waals surface area contributed by atoms with Crippen molar-refractivity contribution < 1.29 is 13.2 Å². The Bertz CT molecular complexity index is 685. The van der Waals surface area contributed by atoms with Crippen molar-refractivity contribution in [3.8, 4) is 11.8 Å². The topological polar surface area (TPSA) is 80.5 Å². The second kappa shape index (κ2) is 7.25. The van der Waals surface area contributed by atoms with Crippen LogP contribution in [0.3, 0.4) is 0 Å². The summed E-state index contributed by atoms with van der Waals surface area (Å²) in [6, 6.07) is 5.21. The molecule has 1 rings (SSSR count). The predicted molar refractivity (Wildman–Crippen MR) is 83.8 cm³/mol. The van der Waals surface area contributed by atoms with Crippen molar-refractivity contribution in [1.82, 2.24) is 4.90 Å². The molecule has 0 aromatic heterocycles. The molecule has 0 radical (unpaired) electrons. The zero-order chi connectivity index (χ0) is 16.0. The summed E-state index contributed by atoms with van der Waals surface area (Å²) in [5.74, 6) is 5.45. The van der Waals surface area contributed by atoms with Crippen molar-refractivity contribution in [2.24, 2.45) is 5.73 Å². The fourth-order valence-corrected chi connectivity index (χ4v) is 2.31. The van der Waals surface area contributed by atoms with Crippen molar-refractivity contribution >= 4 is 15.7 Å². The Hall–Kier alpha value is -1.84. The minimum absolute atomic E-state index is 0.0473. The fourth-order valence-electron chi connectivity index (χ4n) is 1.71. The molecule has 0 heterocycles. The molecule has 5 nitrogen and oxygen atoms in total. The largest absolute Gasteiger partial charge is 0.341 e. The Morgan fingerprint density at radius 3 is 2.57 bits per heavy atom. The highest BCUT2D eigenvalue weighted by atomic mass is 32.2. The molecule has 0 atom stereocenters. The third-order valence-electron chi connectivity index (χ3n) is 2.94. The van der Waals surface area contributed by atoms with Gasteiger partial charge in [0.15, 0.2) is 0 Å². The summed E-state index contributed by atoms with van der Waals surface area (Å²) >= 11 is 0. The van der Waals surface area contributed by atoms with Gasteiger partial charge in [0.2, 0.25) is 0 Å². The number of aryl methyl sites for hydroxylation is 1. The lowest BCUT2D eigenvalue weighted by atomic mass is 10.0. The van der Waals surface area contributed by atoms with Crippen molar-refractivity contribution in [3.63, 3.8) is 0 Å². The Morgan fingerprint density at radius 2 is 2.05 bits per heavy atom. The minimum Gasteiger partial charge on any atom is -0.341 e. The lowest BCUT2D eigenvalue weighted by Crippen LogP contribution is -2.31. The van der Waals surface area contributed by atoms with Crippen LogP contribution in [0.2, 0.25) is 0 Å². The average Bonchev–Trinajstić information content (AvgIpc) is 2.41. The zero-order valence-electron chi connectivity index (χ0n) is 12.5. The first-order chi connectivity index (χ1) is 9.74. The SMILES string of the molecule is Cc1cc(C(=O)N(C)CCS(C)(=O)=O)ccc1C#CCN. The summed E-state index contributed by atoms with van der Waals surface area (Å²) < 4.78 is 22.3. The molecule has 114 valence electrons. The summed E-state index contributed by atoms with van der Waals surface area (Å²) in [4.78, 5) is 13.6. The van der Waals surface area contributed by atoms with Crippen LogP contribution in [0.4, 0.5) is 0 Å². The van der Waals surface area contributed by atoms with Crippen LogP contribution in [0.5, 0.6) is 0 Å². The van der Waals surface area contributed by atoms with E-state index in [0.29, 0.717) is 5.56 Å². The summed E-state index contributed by atoms with van der Waals surface area (Å²) in [6.07, 6.45) is 1.15. The molecule has 1 aromatic carbocycles. The van der Waals surface area contributed by atoms with Crippen LogP contribution in [0.25, 0.3) is 0 Å². The predicted octanol–water partition coefficient (Wildman–Crippen LogP) is 0.422. The first-order valence-electron chi connectivity index (χ1n) is 6.47. The molecule has 6 heteroatoms. The second-order valence-corrected chi connectivity index (χ2v) is 7.15. The second-order valence-electron chi connectivity index (χ2n) is 4.89. The molecule has 0 aliphatic heterocycles. The number of sulfone groups is 1. The Labute approximate surface area is 126 Å². The van der Waals surface area contributed by atoms with E-state index in [1.54, 1.807) is 25.2 Å². The van der Waals surface area contributed by atoms with Crippen LogP contribution in [0.15, 0.2) is 18.2 Å². The molecule has 0 unspecified atom stereocenters. The van der Waals surface area contributed by atoms with Gasteiger partial charge in [-0.1, -0.05) is 11.8 Å². The van der Waals surface area contributed by atoms with Crippen LogP contribution < -0.4 is 5.73 Å². The third kappa shape index (κ3) is 5.58. The first kappa shape index (κ1) is 17.2. The maximum absolute atomic E-state index is 12.2. The quantitative estimate of drug-likeness (QED) is 0.818. The molecule has 0 aliphatic carbocycles. The average molecular weight is 308 g/mol. The molecule has 0 fully saturated rings. The molecule has 21 heavy (non-hydrogen) atoms. The van der Waals surface area contributed by atoms with Gasteiger partial charge in [0.1, 0.15) is 9.84 Å². The van der Waals surface area contributed by atoms with Crippen molar-refractivity contribution in [2.75, 3.05) is 32.1 Å². The van der Waals surface area contributed by atoms with Gasteiger partial charge in [-0.05, 0) is 30.7 Å². The molecule has 0 saturated heterocycles. The van der Waals surface area contributed by atoms with E-state index in [1.165, 1.54) is 4.90 Å². The van der Waals surface area contributed by atoms with Crippen LogP contribution in [-0.2, 0) is 9.84 Å². The van der Waals surface area contributed by atoms with Crippen LogP contribution in [0.1, 0.15) is 21.5 Å². The number of benzene rings is 1. The van der Waals surface area contributed by atoms with Gasteiger partial charge in [-0.2, -0.15) is 0 Å². The number of amides is 1. The molecule has 0 saturated carbocycles. The number of carbonyl (C=O) groups is 1. The van der Waals surface area contributed by atoms with E-state index in [-0.39, 0.29) is 24.7 Å². The van der Waals surface area contributed by atoms with Gasteiger partial charge in [-0.3, -0.25) is 4.79 Å². The van der Waals surface area contributed by atoms with Gasteiger partial charge in [0.25, 0.3) is 5.91 Å². The molecular formula is C15H20N2O3S. The number of hydrogen-bond acceptors (Lipinski definition) is 4. The highest BCUT2D eigenvalue weighted by Crippen LogP contribution is 2.12. The molecule has 1 aromatic rings. The van der Waals surface area contributed by atoms with E-state index in [9.17, 15) is 13.2 Å². The summed E-state index contributed by atoms with van der Waals surface area (Å²) in [7, 11) is -1.50. The van der Waals surface area contributed by atoms with Gasteiger partial charge in [-0.25, -0.2) is 8.42 Å². The minimum atomic E-state index is -3.08. The molecule has 2 N–H and O–H groups in total. The van der Waals surface area contributed by atoms with Crippen molar-refractivity contribution in [2.45, 2.75) is 6.92 Å². The van der Waals surface area contributed by atoms with Gasteiger partial charge < -0.3 is 10.6 Å². The van der Waals surface area contributed by atoms with Gasteiger partial charge >= 0.3 is 0 Å². The maximum Gasteiger partial charge on any atom is 0.253 e. The number of hydrogen-bond donors (Lipinski definition) is 1. The van der Waals surface area contributed by atoms with E-state index in [0.717, 1.165) is 17.4 Å². The number of rotatable bonds is 4. The lowest BCUT2D eigenvalue weighted by Gasteiger charge is -2.17. The van der Waals surface area contributed by atoms with Crippen LogP contribution in [0, 0.1) is 18.8 Å². The zero-order valence-corrected chi connectivity index (χ0v) is 13.3. The summed E-state index contributed by atoms with van der Waals surface area (Å²) in [5.41, 5.74) is 7.56. The van der Waals surface area contributed by atoms with Gasteiger partial charge in [-0.15, -0.1) is 0 Å². The number of carbonyl (C=O) groups excluding carboxylic acids is 1. The van der Waals surface area contributed by atoms with Crippen LogP contribution >= 0.6 is 0 Å². The Morgan fingerprint density at radius 1 is 1.38 bits per heavy atom. The van der Waals surface area contributed by atoms with E-state index in [2.05, 4.69) is 11.8 Å². The molecule has 1 amide bonds. The van der Waals surface area contributed by atoms with Crippen molar-refractivity contribution in [3.05, 3.63) is 34.9 Å². The summed E-state index contributed by atoms with van der Waals surface area (Å²) in [6.45, 7) is 2.33. The number of nitrogens with two attached hydrogens (primary N) is 1. The third-order valence-corrected chi connectivity index (χ3v) is 3.87. The van der Waals surface area contributed by atoms with E-state index in [1.807, 2.05) is 6.92 Å². The standard InChI is InChI=1S/C15H20N2O3S/c1-12-11-14(7-6-13(12)5-4-8-16)15(18)17(2)9-10-21(3,19)20/h6-7,11H,8-10,16H2,1-3H3. The molecule has 0 spiro atoms. The summed E-state index contributed by atoms with van der Waals surface area (Å²) in [5, 5.41) is 0. The smallest absolute Gasteiger partial charge is 0.253 e. The highest BCUT2D eigenvalue weighted by Gasteiger charge is 2.14. The van der Waals surface area contributed by atoms with Crippen LogP contribution in [-0.4, -0.2) is 51.4 Å².